The molecule has 0 saturated carbocycles. The number of halogens is 2. The van der Waals surface area contributed by atoms with Crippen LogP contribution in [0.3, 0.4) is 0 Å². The van der Waals surface area contributed by atoms with Crippen molar-refractivity contribution >= 4 is 0 Å². The summed E-state index contributed by atoms with van der Waals surface area (Å²) in [5.41, 5.74) is 0.581. The molecule has 0 unspecified atom stereocenters. The molecule has 0 aromatic carbocycles. The van der Waals surface area contributed by atoms with Crippen molar-refractivity contribution in [1.82, 2.24) is 0 Å². The Morgan fingerprint density at radius 1 is 1.30 bits per heavy atom. The van der Waals surface area contributed by atoms with E-state index in [0.29, 0.717) is 12.0 Å². The zero-order chi connectivity index (χ0) is 8.15. The maximum atomic E-state index is 12.6. The first-order chi connectivity index (χ1) is 4.57. The van der Waals surface area contributed by atoms with Gasteiger partial charge in [0.1, 0.15) is 5.83 Å². The first-order valence-corrected chi connectivity index (χ1v) is 3.27. The van der Waals surface area contributed by atoms with Gasteiger partial charge in [-0.3, -0.25) is 0 Å². The van der Waals surface area contributed by atoms with Crippen molar-refractivity contribution in [1.29, 1.82) is 0 Å². The average molecular weight is 146 g/mol. The lowest BCUT2D eigenvalue weighted by Gasteiger charge is -1.94. The van der Waals surface area contributed by atoms with Crippen LogP contribution in [0.4, 0.5) is 8.78 Å². The molecule has 0 heterocycles. The highest BCUT2D eigenvalue weighted by Crippen LogP contribution is 2.12. The standard InChI is InChI=1S/C8H12F2/c1-4-6(2)8(10)5-7(3)9/h5H,4H2,1-3H3/b7-5+,8-6-. The van der Waals surface area contributed by atoms with Crippen LogP contribution in [0.25, 0.3) is 0 Å². The fraction of sp³-hybridized carbons (Fsp3) is 0.500. The minimum atomic E-state index is -0.495. The second-order valence-electron chi connectivity index (χ2n) is 2.21. The molecule has 0 aliphatic rings. The van der Waals surface area contributed by atoms with Crippen LogP contribution >= 0.6 is 0 Å². The molecule has 0 aromatic rings. The molecule has 10 heavy (non-hydrogen) atoms. The maximum Gasteiger partial charge on any atom is 0.124 e. The summed E-state index contributed by atoms with van der Waals surface area (Å²) in [6.07, 6.45) is 1.52. The van der Waals surface area contributed by atoms with Gasteiger partial charge in [0.15, 0.2) is 0 Å². The largest absolute Gasteiger partial charge is 0.212 e. The summed E-state index contributed by atoms with van der Waals surface area (Å²) < 4.78 is 24.6. The Morgan fingerprint density at radius 3 is 2.10 bits per heavy atom. The first-order valence-electron chi connectivity index (χ1n) is 3.27. The lowest BCUT2D eigenvalue weighted by molar-refractivity contribution is 0.607. The smallest absolute Gasteiger partial charge is 0.124 e. The molecule has 0 N–H and O–H groups in total. The minimum absolute atomic E-state index is 0.456. The summed E-state index contributed by atoms with van der Waals surface area (Å²) >= 11 is 0. The molecule has 0 atom stereocenters. The second kappa shape index (κ2) is 4.20. The van der Waals surface area contributed by atoms with Gasteiger partial charge >= 0.3 is 0 Å². The number of rotatable bonds is 2. The summed E-state index contributed by atoms with van der Waals surface area (Å²) in [6.45, 7) is 4.70. The van der Waals surface area contributed by atoms with Gasteiger partial charge in [-0.15, -0.1) is 0 Å². The molecule has 0 rings (SSSR count). The van der Waals surface area contributed by atoms with Crippen LogP contribution in [-0.4, -0.2) is 0 Å². The summed E-state index contributed by atoms with van der Waals surface area (Å²) in [7, 11) is 0. The molecular formula is C8H12F2. The van der Waals surface area contributed by atoms with Crippen LogP contribution in [-0.2, 0) is 0 Å². The van der Waals surface area contributed by atoms with E-state index in [1.54, 1.807) is 6.92 Å². The molecule has 0 bridgehead atoms. The highest BCUT2D eigenvalue weighted by Gasteiger charge is 1.95. The van der Waals surface area contributed by atoms with E-state index in [0.717, 1.165) is 6.08 Å². The van der Waals surface area contributed by atoms with Gasteiger partial charge in [-0.05, 0) is 25.8 Å². The van der Waals surface area contributed by atoms with Crippen molar-refractivity contribution in [3.63, 3.8) is 0 Å². The quantitative estimate of drug-likeness (QED) is 0.523. The third kappa shape index (κ3) is 3.38. The molecule has 0 aromatic heterocycles. The van der Waals surface area contributed by atoms with E-state index in [1.807, 2.05) is 6.92 Å². The average Bonchev–Trinajstić information content (AvgIpc) is 1.85. The fourth-order valence-electron chi connectivity index (χ4n) is 0.467. The van der Waals surface area contributed by atoms with Gasteiger partial charge in [0.25, 0.3) is 0 Å². The predicted octanol–water partition coefficient (Wildman–Crippen LogP) is 3.51. The Hall–Kier alpha value is -0.660. The van der Waals surface area contributed by atoms with E-state index in [-0.39, 0.29) is 0 Å². The van der Waals surface area contributed by atoms with Gasteiger partial charge in [-0.25, -0.2) is 8.78 Å². The van der Waals surface area contributed by atoms with E-state index in [1.165, 1.54) is 6.92 Å². The SMILES string of the molecule is CC/C(C)=C(F)/C=C(\C)F. The Kier molecular flexibility index (Phi) is 3.93. The van der Waals surface area contributed by atoms with Gasteiger partial charge < -0.3 is 0 Å². The van der Waals surface area contributed by atoms with E-state index >= 15 is 0 Å². The molecule has 0 aliphatic heterocycles. The van der Waals surface area contributed by atoms with Crippen molar-refractivity contribution in [2.75, 3.05) is 0 Å². The van der Waals surface area contributed by atoms with Crippen LogP contribution in [0.1, 0.15) is 27.2 Å². The molecule has 2 heteroatoms. The van der Waals surface area contributed by atoms with Crippen LogP contribution in [0.15, 0.2) is 23.3 Å². The monoisotopic (exact) mass is 146 g/mol. The van der Waals surface area contributed by atoms with Gasteiger partial charge in [-0.1, -0.05) is 6.92 Å². The molecule has 0 radical (unpaired) electrons. The van der Waals surface area contributed by atoms with Gasteiger partial charge in [-0.2, -0.15) is 0 Å². The fourth-order valence-corrected chi connectivity index (χ4v) is 0.467. The van der Waals surface area contributed by atoms with Crippen molar-refractivity contribution in [2.24, 2.45) is 0 Å². The van der Waals surface area contributed by atoms with E-state index in [9.17, 15) is 8.78 Å². The Balaban J connectivity index is 4.33. The van der Waals surface area contributed by atoms with Gasteiger partial charge in [0.05, 0.1) is 5.83 Å². The van der Waals surface area contributed by atoms with Crippen LogP contribution < -0.4 is 0 Å². The molecule has 0 amide bonds. The zero-order valence-electron chi connectivity index (χ0n) is 6.54. The number of hydrogen-bond donors (Lipinski definition) is 0. The highest BCUT2D eigenvalue weighted by atomic mass is 19.1. The minimum Gasteiger partial charge on any atom is -0.212 e. The summed E-state index contributed by atoms with van der Waals surface area (Å²) in [4.78, 5) is 0. The number of allylic oxidation sites excluding steroid dienone is 4. The van der Waals surface area contributed by atoms with Crippen molar-refractivity contribution in [2.45, 2.75) is 27.2 Å². The lowest BCUT2D eigenvalue weighted by Crippen LogP contribution is -1.76. The molecular weight excluding hydrogens is 134 g/mol. The third-order valence-corrected chi connectivity index (χ3v) is 1.26. The van der Waals surface area contributed by atoms with Crippen LogP contribution in [0.2, 0.25) is 0 Å². The summed E-state index contributed by atoms with van der Waals surface area (Å²) in [5, 5.41) is 0. The summed E-state index contributed by atoms with van der Waals surface area (Å²) in [6, 6.07) is 0. The topological polar surface area (TPSA) is 0 Å². The van der Waals surface area contributed by atoms with E-state index in [4.69, 9.17) is 0 Å². The van der Waals surface area contributed by atoms with Crippen molar-refractivity contribution in [3.8, 4) is 0 Å². The van der Waals surface area contributed by atoms with Crippen molar-refractivity contribution < 1.29 is 8.78 Å². The van der Waals surface area contributed by atoms with E-state index < -0.39 is 11.7 Å². The normalized spacial score (nSPS) is 15.1. The van der Waals surface area contributed by atoms with Gasteiger partial charge in [0.2, 0.25) is 0 Å². The predicted molar refractivity (Wildman–Crippen MR) is 39.0 cm³/mol. The molecule has 0 fully saturated rings. The molecule has 58 valence electrons. The van der Waals surface area contributed by atoms with Crippen LogP contribution in [0, 0.1) is 0 Å². The van der Waals surface area contributed by atoms with Crippen molar-refractivity contribution in [3.05, 3.63) is 23.3 Å². The third-order valence-electron chi connectivity index (χ3n) is 1.26. The summed E-state index contributed by atoms with van der Waals surface area (Å²) in [5.74, 6) is -0.951. The Bertz CT molecular complexity index is 162. The molecule has 0 aliphatic carbocycles. The maximum absolute atomic E-state index is 12.6. The van der Waals surface area contributed by atoms with Gasteiger partial charge in [0, 0.05) is 6.08 Å². The molecule has 0 nitrogen and oxygen atoms in total. The second-order valence-corrected chi connectivity index (χ2v) is 2.21. The highest BCUT2D eigenvalue weighted by molar-refractivity contribution is 5.18. The first kappa shape index (κ1) is 9.34. The zero-order valence-corrected chi connectivity index (χ0v) is 6.54. The molecule has 0 spiro atoms. The van der Waals surface area contributed by atoms with E-state index in [2.05, 4.69) is 0 Å². The van der Waals surface area contributed by atoms with Crippen LogP contribution in [0.5, 0.6) is 0 Å². The Morgan fingerprint density at radius 2 is 1.80 bits per heavy atom. The Labute approximate surface area is 60.2 Å². The lowest BCUT2D eigenvalue weighted by atomic mass is 10.2. The molecule has 0 saturated heterocycles. The number of hydrogen-bond acceptors (Lipinski definition) is 0.